The van der Waals surface area contributed by atoms with Gasteiger partial charge < -0.3 is 4.31 Å². The minimum absolute atomic E-state index is 0.565. The van der Waals surface area contributed by atoms with Crippen LogP contribution in [0.4, 0.5) is 0 Å². The third kappa shape index (κ3) is 8.58. The van der Waals surface area contributed by atoms with Crippen LogP contribution >= 0.6 is 11.9 Å². The minimum Gasteiger partial charge on any atom is -0.329 e. The summed E-state index contributed by atoms with van der Waals surface area (Å²) in [6.07, 6.45) is 10.7. The Morgan fingerprint density at radius 2 is 1.64 bits per heavy atom. The van der Waals surface area contributed by atoms with Crippen LogP contribution < -0.4 is 0 Å². The van der Waals surface area contributed by atoms with Crippen LogP contribution in [0.1, 0.15) is 86.0 Å². The molecule has 2 radical (unpaired) electrons. The molecule has 0 bridgehead atoms. The zero-order chi connectivity index (χ0) is 18.8. The molecule has 1 rings (SSSR count). The Labute approximate surface area is 162 Å². The lowest BCUT2D eigenvalue weighted by Crippen LogP contribution is -2.17. The summed E-state index contributed by atoms with van der Waals surface area (Å²) < 4.78 is 2.23. The average molecular weight is 359 g/mol. The summed E-state index contributed by atoms with van der Waals surface area (Å²) in [7, 11) is 5.97. The first kappa shape index (κ1) is 22.5. The molecule has 0 amide bonds. The standard InChI is InChI=1S/C22H38BNS/c1-7-10-17(2)15-25-24(16-23)21(6)19(4)12-9-8-11-18(3)20(5)22-13-14-22/h22H,2,7-16H2,1,3-6H3/b20-18-,21-19-. The molecule has 1 aliphatic rings. The molecule has 1 nitrogen and oxygen atoms in total. The first-order valence-corrected chi connectivity index (χ1v) is 10.9. The van der Waals surface area contributed by atoms with E-state index in [-0.39, 0.29) is 0 Å². The average Bonchev–Trinajstić information content (AvgIpc) is 3.43. The van der Waals surface area contributed by atoms with Crippen molar-refractivity contribution < 1.29 is 0 Å². The van der Waals surface area contributed by atoms with Crippen molar-refractivity contribution in [3.8, 4) is 0 Å². The summed E-state index contributed by atoms with van der Waals surface area (Å²) in [5.41, 5.74) is 7.42. The van der Waals surface area contributed by atoms with Crippen LogP contribution in [-0.4, -0.2) is 24.3 Å². The van der Waals surface area contributed by atoms with E-state index in [0.29, 0.717) is 6.44 Å². The summed E-state index contributed by atoms with van der Waals surface area (Å²) >= 11 is 1.81. The highest BCUT2D eigenvalue weighted by atomic mass is 32.2. The molecule has 0 N–H and O–H groups in total. The van der Waals surface area contributed by atoms with Gasteiger partial charge in [0.05, 0.1) is 7.85 Å². The second kappa shape index (κ2) is 11.9. The molecular weight excluding hydrogens is 321 g/mol. The third-order valence-corrected chi connectivity index (χ3v) is 6.67. The summed E-state index contributed by atoms with van der Waals surface area (Å²) in [5.74, 6) is 1.89. The van der Waals surface area contributed by atoms with Gasteiger partial charge in [0.1, 0.15) is 0 Å². The Morgan fingerprint density at radius 3 is 2.16 bits per heavy atom. The van der Waals surface area contributed by atoms with Crippen molar-refractivity contribution in [2.45, 2.75) is 86.0 Å². The predicted molar refractivity (Wildman–Crippen MR) is 117 cm³/mol. The fraction of sp³-hybridized carbons (Fsp3) is 0.727. The van der Waals surface area contributed by atoms with Gasteiger partial charge in [-0.1, -0.05) is 42.2 Å². The van der Waals surface area contributed by atoms with Crippen LogP contribution in [-0.2, 0) is 0 Å². The van der Waals surface area contributed by atoms with Crippen molar-refractivity contribution in [3.05, 3.63) is 34.6 Å². The smallest absolute Gasteiger partial charge is 0.0957 e. The Hall–Kier alpha value is -0.565. The topological polar surface area (TPSA) is 3.24 Å². The molecule has 140 valence electrons. The fourth-order valence-corrected chi connectivity index (χ4v) is 4.06. The summed E-state index contributed by atoms with van der Waals surface area (Å²) in [6.45, 7) is 15.5. The molecule has 0 aromatic heterocycles. The molecule has 0 aromatic rings. The van der Waals surface area contributed by atoms with Gasteiger partial charge in [0.2, 0.25) is 0 Å². The number of unbranched alkanes of at least 4 members (excludes halogenated alkanes) is 1. The molecule has 0 saturated heterocycles. The largest absolute Gasteiger partial charge is 0.329 e. The first-order valence-electron chi connectivity index (χ1n) is 10.00. The molecule has 0 spiro atoms. The maximum Gasteiger partial charge on any atom is 0.0957 e. The third-order valence-electron chi connectivity index (χ3n) is 5.40. The van der Waals surface area contributed by atoms with Gasteiger partial charge in [0, 0.05) is 11.4 Å². The number of nitrogens with zero attached hydrogens (tertiary/aromatic N) is 1. The molecular formula is C22H38BNS. The molecule has 1 saturated carbocycles. The van der Waals surface area contributed by atoms with Crippen molar-refractivity contribution in [2.24, 2.45) is 5.92 Å². The molecule has 1 aliphatic carbocycles. The number of hydrogen-bond acceptors (Lipinski definition) is 2. The van der Waals surface area contributed by atoms with Crippen molar-refractivity contribution in [3.63, 3.8) is 0 Å². The lowest BCUT2D eigenvalue weighted by molar-refractivity contribution is 0.638. The van der Waals surface area contributed by atoms with E-state index in [1.54, 1.807) is 11.1 Å². The van der Waals surface area contributed by atoms with Crippen LogP contribution in [0.15, 0.2) is 34.6 Å². The van der Waals surface area contributed by atoms with Gasteiger partial charge in [-0.15, -0.1) is 0 Å². The van der Waals surface area contributed by atoms with Gasteiger partial charge in [-0.3, -0.25) is 0 Å². The Kier molecular flexibility index (Phi) is 10.7. The Morgan fingerprint density at radius 1 is 1.04 bits per heavy atom. The van der Waals surface area contributed by atoms with Gasteiger partial charge in [0.15, 0.2) is 0 Å². The van der Waals surface area contributed by atoms with E-state index in [1.807, 2.05) is 11.9 Å². The molecule has 0 aromatic carbocycles. The number of allylic oxidation sites excluding steroid dienone is 4. The molecule has 0 atom stereocenters. The normalized spacial score (nSPS) is 16.4. The number of hydrogen-bond donors (Lipinski definition) is 0. The van der Waals surface area contributed by atoms with E-state index in [9.17, 15) is 0 Å². The molecule has 0 unspecified atom stereocenters. The van der Waals surface area contributed by atoms with E-state index in [1.165, 1.54) is 61.8 Å². The van der Waals surface area contributed by atoms with Gasteiger partial charge in [0.25, 0.3) is 0 Å². The summed E-state index contributed by atoms with van der Waals surface area (Å²) in [6, 6.07) is 0. The maximum absolute atomic E-state index is 5.97. The second-order valence-corrected chi connectivity index (χ2v) is 8.63. The van der Waals surface area contributed by atoms with Crippen molar-refractivity contribution in [1.29, 1.82) is 0 Å². The van der Waals surface area contributed by atoms with Gasteiger partial charge in [-0.05, 0) is 97.0 Å². The zero-order valence-electron chi connectivity index (χ0n) is 17.3. The first-order chi connectivity index (χ1) is 11.9. The van der Waals surface area contributed by atoms with E-state index in [2.05, 4.69) is 45.5 Å². The van der Waals surface area contributed by atoms with Crippen molar-refractivity contribution >= 4 is 19.8 Å². The molecule has 0 heterocycles. The van der Waals surface area contributed by atoms with Crippen LogP contribution in [0, 0.1) is 5.92 Å². The highest BCUT2D eigenvalue weighted by Gasteiger charge is 2.23. The van der Waals surface area contributed by atoms with Crippen LogP contribution in [0.3, 0.4) is 0 Å². The Bertz CT molecular complexity index is 488. The quantitative estimate of drug-likeness (QED) is 0.150. The van der Waals surface area contributed by atoms with Crippen molar-refractivity contribution in [2.75, 3.05) is 12.2 Å². The SMILES string of the molecule is [B]CN(SCC(=C)CCC)/C(C)=C(/C)CCCC/C(C)=C(/C)C1CC1. The van der Waals surface area contributed by atoms with Gasteiger partial charge in [-0.2, -0.15) is 0 Å². The highest BCUT2D eigenvalue weighted by Crippen LogP contribution is 2.38. The maximum atomic E-state index is 5.97. The lowest BCUT2D eigenvalue weighted by Gasteiger charge is -2.25. The molecule has 25 heavy (non-hydrogen) atoms. The highest BCUT2D eigenvalue weighted by molar-refractivity contribution is 7.97. The molecule has 1 fully saturated rings. The predicted octanol–water partition coefficient (Wildman–Crippen LogP) is 7.02. The van der Waals surface area contributed by atoms with Crippen LogP contribution in [0.5, 0.6) is 0 Å². The van der Waals surface area contributed by atoms with E-state index in [0.717, 1.165) is 18.1 Å². The monoisotopic (exact) mass is 359 g/mol. The van der Waals surface area contributed by atoms with E-state index < -0.39 is 0 Å². The van der Waals surface area contributed by atoms with Crippen LogP contribution in [0.2, 0.25) is 0 Å². The Balaban J connectivity index is 2.38. The number of rotatable bonds is 13. The van der Waals surface area contributed by atoms with Gasteiger partial charge >= 0.3 is 0 Å². The second-order valence-electron chi connectivity index (χ2n) is 7.64. The van der Waals surface area contributed by atoms with Crippen LogP contribution in [0.25, 0.3) is 0 Å². The van der Waals surface area contributed by atoms with Gasteiger partial charge in [-0.25, -0.2) is 0 Å². The summed E-state index contributed by atoms with van der Waals surface area (Å²) in [5, 5.41) is 0. The molecule has 3 heteroatoms. The summed E-state index contributed by atoms with van der Waals surface area (Å²) in [4.78, 5) is 0. The van der Waals surface area contributed by atoms with E-state index in [4.69, 9.17) is 7.85 Å². The zero-order valence-corrected chi connectivity index (χ0v) is 18.1. The lowest BCUT2D eigenvalue weighted by atomic mass is 9.99. The van der Waals surface area contributed by atoms with Crippen molar-refractivity contribution in [1.82, 2.24) is 4.31 Å². The fourth-order valence-electron chi connectivity index (χ4n) is 3.12. The van der Waals surface area contributed by atoms with E-state index >= 15 is 0 Å². The minimum atomic E-state index is 0.565. The molecule has 0 aliphatic heterocycles.